The Bertz CT molecular complexity index is 633. The zero-order chi connectivity index (χ0) is 14.0. The van der Waals surface area contributed by atoms with E-state index in [2.05, 4.69) is 17.2 Å². The summed E-state index contributed by atoms with van der Waals surface area (Å²) in [5.41, 5.74) is 5.68. The summed E-state index contributed by atoms with van der Waals surface area (Å²) in [5.74, 6) is -0.0914. The van der Waals surface area contributed by atoms with Crippen LogP contribution in [0.4, 0.5) is 5.69 Å². The first kappa shape index (κ1) is 13.3. The third kappa shape index (κ3) is 2.81. The lowest BCUT2D eigenvalue weighted by Crippen LogP contribution is -2.14. The fourth-order valence-electron chi connectivity index (χ4n) is 1.90. The molecule has 0 fully saturated rings. The van der Waals surface area contributed by atoms with Gasteiger partial charge in [0.1, 0.15) is 0 Å². The third-order valence-electron chi connectivity index (χ3n) is 3.47. The number of nitrogens with one attached hydrogen (secondary N) is 1. The SMILES string of the molecule is Cc1ccc(NC(=O)c2ccnc(C)c2C)cc1C. The highest BCUT2D eigenvalue weighted by atomic mass is 16.1. The monoisotopic (exact) mass is 254 g/mol. The lowest BCUT2D eigenvalue weighted by Gasteiger charge is -2.10. The minimum atomic E-state index is -0.0914. The van der Waals surface area contributed by atoms with Crippen molar-refractivity contribution in [1.82, 2.24) is 4.98 Å². The summed E-state index contributed by atoms with van der Waals surface area (Å²) in [6.07, 6.45) is 1.66. The van der Waals surface area contributed by atoms with E-state index in [0.29, 0.717) is 5.56 Å². The van der Waals surface area contributed by atoms with Gasteiger partial charge in [-0.1, -0.05) is 6.07 Å². The normalized spacial score (nSPS) is 10.3. The topological polar surface area (TPSA) is 42.0 Å². The highest BCUT2D eigenvalue weighted by molar-refractivity contribution is 6.05. The Balaban J connectivity index is 2.26. The largest absolute Gasteiger partial charge is 0.322 e. The van der Waals surface area contributed by atoms with Crippen LogP contribution in [0.25, 0.3) is 0 Å². The third-order valence-corrected chi connectivity index (χ3v) is 3.47. The summed E-state index contributed by atoms with van der Waals surface area (Å²) >= 11 is 0. The van der Waals surface area contributed by atoms with Gasteiger partial charge >= 0.3 is 0 Å². The quantitative estimate of drug-likeness (QED) is 0.890. The van der Waals surface area contributed by atoms with Gasteiger partial charge < -0.3 is 5.32 Å². The van der Waals surface area contributed by atoms with Gasteiger partial charge in [-0.05, 0) is 62.6 Å². The number of aromatic nitrogens is 1. The van der Waals surface area contributed by atoms with Gasteiger partial charge in [0.15, 0.2) is 0 Å². The Morgan fingerprint density at radius 3 is 2.47 bits per heavy atom. The van der Waals surface area contributed by atoms with Gasteiger partial charge in [0.25, 0.3) is 5.91 Å². The van der Waals surface area contributed by atoms with Crippen molar-refractivity contribution in [3.05, 3.63) is 58.4 Å². The number of amides is 1. The van der Waals surface area contributed by atoms with Crippen LogP contribution < -0.4 is 5.32 Å². The van der Waals surface area contributed by atoms with Crippen LogP contribution in [0, 0.1) is 27.7 Å². The summed E-state index contributed by atoms with van der Waals surface area (Å²) in [4.78, 5) is 16.4. The molecule has 1 aromatic heterocycles. The number of anilines is 1. The Hall–Kier alpha value is -2.16. The molecular weight excluding hydrogens is 236 g/mol. The highest BCUT2D eigenvalue weighted by Gasteiger charge is 2.11. The first-order valence-corrected chi connectivity index (χ1v) is 6.30. The molecule has 98 valence electrons. The molecule has 0 bridgehead atoms. The zero-order valence-electron chi connectivity index (χ0n) is 11.7. The molecule has 0 aliphatic carbocycles. The van der Waals surface area contributed by atoms with E-state index in [-0.39, 0.29) is 5.91 Å². The molecule has 0 radical (unpaired) electrons. The Labute approximate surface area is 113 Å². The predicted molar refractivity (Wildman–Crippen MR) is 77.6 cm³/mol. The van der Waals surface area contributed by atoms with Crippen molar-refractivity contribution in [2.75, 3.05) is 5.32 Å². The molecule has 0 spiro atoms. The van der Waals surface area contributed by atoms with E-state index < -0.39 is 0 Å². The average Bonchev–Trinajstić information content (AvgIpc) is 2.37. The maximum atomic E-state index is 12.2. The Morgan fingerprint density at radius 1 is 1.05 bits per heavy atom. The number of hydrogen-bond donors (Lipinski definition) is 1. The standard InChI is InChI=1S/C16H18N2O/c1-10-5-6-14(9-11(10)2)18-16(19)15-7-8-17-13(4)12(15)3/h5-9H,1-4H3,(H,18,19). The molecule has 1 aromatic carbocycles. The Morgan fingerprint density at radius 2 is 1.79 bits per heavy atom. The molecule has 1 amide bonds. The van der Waals surface area contributed by atoms with Crippen LogP contribution in [0.5, 0.6) is 0 Å². The lowest BCUT2D eigenvalue weighted by molar-refractivity contribution is 0.102. The van der Waals surface area contributed by atoms with Gasteiger partial charge in [-0.3, -0.25) is 9.78 Å². The highest BCUT2D eigenvalue weighted by Crippen LogP contribution is 2.17. The predicted octanol–water partition coefficient (Wildman–Crippen LogP) is 3.57. The molecule has 3 heteroatoms. The first-order valence-electron chi connectivity index (χ1n) is 6.30. The van der Waals surface area contributed by atoms with Crippen molar-refractivity contribution in [2.24, 2.45) is 0 Å². The fourth-order valence-corrected chi connectivity index (χ4v) is 1.90. The van der Waals surface area contributed by atoms with E-state index in [1.54, 1.807) is 12.3 Å². The fraction of sp³-hybridized carbons (Fsp3) is 0.250. The van der Waals surface area contributed by atoms with E-state index in [4.69, 9.17) is 0 Å². The van der Waals surface area contributed by atoms with E-state index in [0.717, 1.165) is 16.9 Å². The zero-order valence-corrected chi connectivity index (χ0v) is 11.7. The number of carbonyl (C=O) groups is 1. The van der Waals surface area contributed by atoms with E-state index in [1.165, 1.54) is 11.1 Å². The van der Waals surface area contributed by atoms with Crippen molar-refractivity contribution >= 4 is 11.6 Å². The van der Waals surface area contributed by atoms with E-state index in [1.807, 2.05) is 39.0 Å². The number of benzene rings is 1. The number of nitrogens with zero attached hydrogens (tertiary/aromatic N) is 1. The Kier molecular flexibility index (Phi) is 3.65. The van der Waals surface area contributed by atoms with Crippen LogP contribution in [0.2, 0.25) is 0 Å². The second-order valence-corrected chi connectivity index (χ2v) is 4.82. The average molecular weight is 254 g/mol. The van der Waals surface area contributed by atoms with Crippen molar-refractivity contribution in [1.29, 1.82) is 0 Å². The van der Waals surface area contributed by atoms with Gasteiger partial charge in [-0.2, -0.15) is 0 Å². The van der Waals surface area contributed by atoms with Crippen LogP contribution in [0.15, 0.2) is 30.5 Å². The first-order chi connectivity index (χ1) is 8.99. The molecule has 2 rings (SSSR count). The summed E-state index contributed by atoms with van der Waals surface area (Å²) in [5, 5.41) is 2.93. The molecule has 0 aliphatic heterocycles. The van der Waals surface area contributed by atoms with Gasteiger partial charge in [0.2, 0.25) is 0 Å². The molecule has 0 atom stereocenters. The molecule has 0 aliphatic rings. The van der Waals surface area contributed by atoms with Crippen LogP contribution in [-0.4, -0.2) is 10.9 Å². The van der Waals surface area contributed by atoms with Crippen LogP contribution in [-0.2, 0) is 0 Å². The molecule has 19 heavy (non-hydrogen) atoms. The summed E-state index contributed by atoms with van der Waals surface area (Å²) in [7, 11) is 0. The summed E-state index contributed by atoms with van der Waals surface area (Å²) in [6, 6.07) is 7.66. The lowest BCUT2D eigenvalue weighted by atomic mass is 10.1. The number of hydrogen-bond acceptors (Lipinski definition) is 2. The second kappa shape index (κ2) is 5.22. The number of aryl methyl sites for hydroxylation is 3. The number of carbonyl (C=O) groups excluding carboxylic acids is 1. The van der Waals surface area contributed by atoms with Crippen molar-refractivity contribution < 1.29 is 4.79 Å². The molecule has 1 heterocycles. The smallest absolute Gasteiger partial charge is 0.256 e. The van der Waals surface area contributed by atoms with Gasteiger partial charge in [-0.15, -0.1) is 0 Å². The molecule has 3 nitrogen and oxygen atoms in total. The molecule has 0 unspecified atom stereocenters. The molecule has 0 saturated heterocycles. The van der Waals surface area contributed by atoms with Crippen LogP contribution >= 0.6 is 0 Å². The second-order valence-electron chi connectivity index (χ2n) is 4.82. The molecule has 2 aromatic rings. The van der Waals surface area contributed by atoms with Crippen LogP contribution in [0.3, 0.4) is 0 Å². The van der Waals surface area contributed by atoms with E-state index >= 15 is 0 Å². The number of rotatable bonds is 2. The molecule has 1 N–H and O–H groups in total. The van der Waals surface area contributed by atoms with Crippen molar-refractivity contribution in [3.8, 4) is 0 Å². The van der Waals surface area contributed by atoms with Crippen molar-refractivity contribution in [3.63, 3.8) is 0 Å². The number of pyridine rings is 1. The minimum Gasteiger partial charge on any atom is -0.322 e. The van der Waals surface area contributed by atoms with Crippen LogP contribution in [0.1, 0.15) is 32.7 Å². The molecular formula is C16H18N2O. The maximum Gasteiger partial charge on any atom is 0.256 e. The van der Waals surface area contributed by atoms with E-state index in [9.17, 15) is 4.79 Å². The van der Waals surface area contributed by atoms with Crippen molar-refractivity contribution in [2.45, 2.75) is 27.7 Å². The minimum absolute atomic E-state index is 0.0914. The summed E-state index contributed by atoms with van der Waals surface area (Å²) < 4.78 is 0. The van der Waals surface area contributed by atoms with Gasteiger partial charge in [0.05, 0.1) is 0 Å². The van der Waals surface area contributed by atoms with Gasteiger partial charge in [-0.25, -0.2) is 0 Å². The summed E-state index contributed by atoms with van der Waals surface area (Å²) in [6.45, 7) is 7.91. The maximum absolute atomic E-state index is 12.2. The molecule has 0 saturated carbocycles. The van der Waals surface area contributed by atoms with Gasteiger partial charge in [0, 0.05) is 23.1 Å².